The average molecular weight is 408 g/mol. The Hall–Kier alpha value is -3.81. The van der Waals surface area contributed by atoms with E-state index in [1.165, 1.54) is 4.57 Å². The molecule has 0 amide bonds. The maximum atomic E-state index is 12.6. The first-order chi connectivity index (χ1) is 14.4. The van der Waals surface area contributed by atoms with Gasteiger partial charge in [-0.3, -0.25) is 14.2 Å². The third-order valence-corrected chi connectivity index (χ3v) is 4.99. The van der Waals surface area contributed by atoms with E-state index in [9.17, 15) is 14.4 Å². The number of furan rings is 1. The lowest BCUT2D eigenvalue weighted by atomic mass is 10.1. The normalized spacial score (nSPS) is 11.1. The van der Waals surface area contributed by atoms with Crippen molar-refractivity contribution in [3.05, 3.63) is 82.0 Å². The van der Waals surface area contributed by atoms with E-state index < -0.39 is 18.3 Å². The van der Waals surface area contributed by atoms with Crippen molar-refractivity contribution in [2.24, 2.45) is 0 Å². The first kappa shape index (κ1) is 19.5. The number of nitrogens with zero attached hydrogens (tertiary/aromatic N) is 2. The molecule has 0 bridgehead atoms. The Labute approximate surface area is 171 Å². The second kappa shape index (κ2) is 7.90. The van der Waals surface area contributed by atoms with Crippen molar-refractivity contribution in [2.45, 2.75) is 26.9 Å². The van der Waals surface area contributed by atoms with E-state index in [2.05, 4.69) is 0 Å². The fraction of sp³-hybridized carbons (Fsp3) is 0.227. The molecule has 30 heavy (non-hydrogen) atoms. The van der Waals surface area contributed by atoms with E-state index in [1.807, 2.05) is 30.5 Å². The number of benzene rings is 1. The van der Waals surface area contributed by atoms with Crippen LogP contribution in [0.4, 0.5) is 0 Å². The predicted molar refractivity (Wildman–Crippen MR) is 107 cm³/mol. The molecule has 0 N–H and O–H groups in total. The number of ketones is 1. The zero-order chi connectivity index (χ0) is 21.3. The summed E-state index contributed by atoms with van der Waals surface area (Å²) in [4.78, 5) is 36.8. The van der Waals surface area contributed by atoms with Crippen LogP contribution in [0, 0.1) is 13.8 Å². The molecule has 0 aliphatic heterocycles. The van der Waals surface area contributed by atoms with E-state index in [0.29, 0.717) is 23.2 Å². The standard InChI is InChI=1S/C22H20N2O6/c1-14-10-17(15(2)23(14)11-16-6-5-9-28-16)19(25)13-29-21(26)12-24-18-7-3-4-8-20(18)30-22(24)27/h3-10H,11-13H2,1-2H3. The smallest absolute Gasteiger partial charge is 0.420 e. The number of aromatic nitrogens is 2. The molecular weight excluding hydrogens is 388 g/mol. The highest BCUT2D eigenvalue weighted by Crippen LogP contribution is 2.18. The van der Waals surface area contributed by atoms with Crippen LogP contribution in [0.1, 0.15) is 27.5 Å². The number of fused-ring (bicyclic) bond motifs is 1. The monoisotopic (exact) mass is 408 g/mol. The van der Waals surface area contributed by atoms with Crippen LogP contribution in [0.15, 0.2) is 62.4 Å². The van der Waals surface area contributed by atoms with Gasteiger partial charge in [0.25, 0.3) is 0 Å². The number of esters is 1. The second-order valence-electron chi connectivity index (χ2n) is 6.96. The summed E-state index contributed by atoms with van der Waals surface area (Å²) in [5.41, 5.74) is 3.03. The number of ether oxygens (including phenoxy) is 1. The quantitative estimate of drug-likeness (QED) is 0.344. The van der Waals surface area contributed by atoms with Crippen molar-refractivity contribution < 1.29 is 23.2 Å². The molecule has 0 unspecified atom stereocenters. The number of carbonyl (C=O) groups is 2. The van der Waals surface area contributed by atoms with Gasteiger partial charge in [0.05, 0.1) is 18.3 Å². The maximum absolute atomic E-state index is 12.6. The third kappa shape index (κ3) is 3.71. The first-order valence-corrected chi connectivity index (χ1v) is 9.40. The zero-order valence-corrected chi connectivity index (χ0v) is 16.6. The lowest BCUT2D eigenvalue weighted by Gasteiger charge is -2.08. The van der Waals surface area contributed by atoms with Gasteiger partial charge in [-0.15, -0.1) is 0 Å². The summed E-state index contributed by atoms with van der Waals surface area (Å²) >= 11 is 0. The molecular formula is C22H20N2O6. The average Bonchev–Trinajstić information content (AvgIpc) is 3.42. The van der Waals surface area contributed by atoms with Crippen LogP contribution in [-0.4, -0.2) is 27.5 Å². The van der Waals surface area contributed by atoms with E-state index in [1.54, 1.807) is 36.6 Å². The Morgan fingerprint density at radius 1 is 1.07 bits per heavy atom. The molecule has 0 radical (unpaired) electrons. The Morgan fingerprint density at radius 3 is 2.63 bits per heavy atom. The van der Waals surface area contributed by atoms with Crippen molar-refractivity contribution in [3.63, 3.8) is 0 Å². The minimum atomic E-state index is -0.693. The molecule has 8 nitrogen and oxygen atoms in total. The molecule has 0 saturated carbocycles. The number of hydrogen-bond acceptors (Lipinski definition) is 6. The van der Waals surface area contributed by atoms with Gasteiger partial charge in [0.2, 0.25) is 5.78 Å². The molecule has 0 atom stereocenters. The molecule has 0 aliphatic carbocycles. The van der Waals surface area contributed by atoms with Crippen molar-refractivity contribution in [3.8, 4) is 0 Å². The second-order valence-corrected chi connectivity index (χ2v) is 6.96. The number of carbonyl (C=O) groups excluding carboxylic acids is 2. The highest BCUT2D eigenvalue weighted by atomic mass is 16.5. The van der Waals surface area contributed by atoms with Crippen molar-refractivity contribution >= 4 is 22.9 Å². The summed E-state index contributed by atoms with van der Waals surface area (Å²) in [7, 11) is 0. The number of hydrogen-bond donors (Lipinski definition) is 0. The molecule has 0 saturated heterocycles. The Bertz CT molecular complexity index is 1270. The molecule has 4 rings (SSSR count). The van der Waals surface area contributed by atoms with Crippen LogP contribution in [0.5, 0.6) is 0 Å². The van der Waals surface area contributed by atoms with Crippen molar-refractivity contribution in [1.82, 2.24) is 9.13 Å². The van der Waals surface area contributed by atoms with Gasteiger partial charge in [-0.25, -0.2) is 4.79 Å². The summed E-state index contributed by atoms with van der Waals surface area (Å²) < 4.78 is 18.7. The van der Waals surface area contributed by atoms with Gasteiger partial charge in [0, 0.05) is 17.0 Å². The summed E-state index contributed by atoms with van der Waals surface area (Å²) in [6, 6.07) is 12.2. The van der Waals surface area contributed by atoms with Crippen LogP contribution in [0.2, 0.25) is 0 Å². The lowest BCUT2D eigenvalue weighted by molar-refractivity contribution is -0.143. The van der Waals surface area contributed by atoms with Crippen LogP contribution in [0.3, 0.4) is 0 Å². The van der Waals surface area contributed by atoms with Crippen molar-refractivity contribution in [2.75, 3.05) is 6.61 Å². The Morgan fingerprint density at radius 2 is 1.87 bits per heavy atom. The zero-order valence-electron chi connectivity index (χ0n) is 16.6. The summed E-state index contributed by atoms with van der Waals surface area (Å²) in [5.74, 6) is -0.881. The van der Waals surface area contributed by atoms with Crippen LogP contribution < -0.4 is 5.76 Å². The van der Waals surface area contributed by atoms with E-state index >= 15 is 0 Å². The lowest BCUT2D eigenvalue weighted by Crippen LogP contribution is -2.23. The van der Waals surface area contributed by atoms with E-state index in [0.717, 1.165) is 17.1 Å². The van der Waals surface area contributed by atoms with Gasteiger partial charge >= 0.3 is 11.7 Å². The molecule has 0 aliphatic rings. The minimum absolute atomic E-state index is 0.313. The molecule has 0 fully saturated rings. The summed E-state index contributed by atoms with van der Waals surface area (Å²) in [6.07, 6.45) is 1.60. The number of aryl methyl sites for hydroxylation is 1. The molecule has 8 heteroatoms. The molecule has 1 aromatic carbocycles. The highest BCUT2D eigenvalue weighted by Gasteiger charge is 2.19. The Balaban J connectivity index is 1.43. The maximum Gasteiger partial charge on any atom is 0.420 e. The van der Waals surface area contributed by atoms with Crippen LogP contribution >= 0.6 is 0 Å². The molecule has 4 aromatic rings. The Kier molecular flexibility index (Phi) is 5.14. The van der Waals surface area contributed by atoms with Crippen LogP contribution in [0.25, 0.3) is 11.1 Å². The number of Topliss-reactive ketones (excluding diaryl/α,β-unsaturated/α-hetero) is 1. The number of para-hydroxylation sites is 2. The largest absolute Gasteiger partial charge is 0.467 e. The highest BCUT2D eigenvalue weighted by molar-refractivity contribution is 5.99. The third-order valence-electron chi connectivity index (χ3n) is 4.99. The van der Waals surface area contributed by atoms with Gasteiger partial charge in [-0.1, -0.05) is 12.1 Å². The molecule has 154 valence electrons. The van der Waals surface area contributed by atoms with Crippen molar-refractivity contribution in [1.29, 1.82) is 0 Å². The fourth-order valence-electron chi connectivity index (χ4n) is 3.45. The summed E-state index contributed by atoms with van der Waals surface area (Å²) in [6.45, 7) is 3.50. The van der Waals surface area contributed by atoms with E-state index in [-0.39, 0.29) is 12.3 Å². The molecule has 0 spiro atoms. The van der Waals surface area contributed by atoms with Gasteiger partial charge in [0.15, 0.2) is 12.2 Å². The molecule has 3 heterocycles. The van der Waals surface area contributed by atoms with Crippen LogP contribution in [-0.2, 0) is 22.6 Å². The first-order valence-electron chi connectivity index (χ1n) is 9.40. The van der Waals surface area contributed by atoms with Gasteiger partial charge in [0.1, 0.15) is 12.3 Å². The predicted octanol–water partition coefficient (Wildman–Crippen LogP) is 3.08. The topological polar surface area (TPSA) is 96.6 Å². The number of oxazole rings is 1. The summed E-state index contributed by atoms with van der Waals surface area (Å²) in [5, 5.41) is 0. The minimum Gasteiger partial charge on any atom is -0.467 e. The van der Waals surface area contributed by atoms with Gasteiger partial charge in [-0.2, -0.15) is 0 Å². The fourth-order valence-corrected chi connectivity index (χ4v) is 3.45. The number of rotatable bonds is 7. The molecule has 3 aromatic heterocycles. The van der Waals surface area contributed by atoms with E-state index in [4.69, 9.17) is 13.6 Å². The van der Waals surface area contributed by atoms with Gasteiger partial charge in [-0.05, 0) is 44.2 Å². The van der Waals surface area contributed by atoms with Gasteiger partial charge < -0.3 is 18.1 Å². The SMILES string of the molecule is Cc1cc(C(=O)COC(=O)Cn2c(=O)oc3ccccc32)c(C)n1Cc1ccco1.